The van der Waals surface area contributed by atoms with Crippen LogP contribution in [0.15, 0.2) is 24.8 Å². The zero-order valence-electron chi connectivity index (χ0n) is 14.6. The molecular formula is C15H21ClF2N6O2. The van der Waals surface area contributed by atoms with E-state index in [0.717, 1.165) is 24.8 Å². The standard InChI is InChI=1S/C10H14FN3O2.C5H6FN3.ClH/c1-10(2,3)16-9(15)14-6-8-12-4-7(11)5-13-8;6-4-2-8-5(1-7)9-3-4;/h4-5H,6H2,1-3H3,(H,14,15);2-3H,1,7H2;1H. The van der Waals surface area contributed by atoms with Gasteiger partial charge in [-0.25, -0.2) is 33.5 Å². The number of carbonyl (C=O) groups is 1. The van der Waals surface area contributed by atoms with Gasteiger partial charge in [0.25, 0.3) is 0 Å². The first-order valence-corrected chi connectivity index (χ1v) is 7.29. The van der Waals surface area contributed by atoms with Crippen LogP contribution in [0.3, 0.4) is 0 Å². The van der Waals surface area contributed by atoms with Crippen LogP contribution in [0.5, 0.6) is 0 Å². The highest BCUT2D eigenvalue weighted by Gasteiger charge is 2.15. The Morgan fingerprint density at radius 3 is 1.85 bits per heavy atom. The molecule has 2 heterocycles. The first kappa shape index (κ1) is 23.5. The average Bonchev–Trinajstić information content (AvgIpc) is 2.54. The number of nitrogens with two attached hydrogens (primary N) is 1. The number of carbonyl (C=O) groups excluding carboxylic acids is 1. The highest BCUT2D eigenvalue weighted by molar-refractivity contribution is 5.85. The fourth-order valence-corrected chi connectivity index (χ4v) is 1.34. The number of ether oxygens (including phenoxy) is 1. The van der Waals surface area contributed by atoms with Crippen LogP contribution in [0.25, 0.3) is 0 Å². The molecule has 3 N–H and O–H groups in total. The van der Waals surface area contributed by atoms with Crippen molar-refractivity contribution in [3.63, 3.8) is 0 Å². The molecular weight excluding hydrogens is 370 g/mol. The molecule has 0 atom stereocenters. The predicted molar refractivity (Wildman–Crippen MR) is 92.2 cm³/mol. The minimum atomic E-state index is -0.555. The molecule has 0 aliphatic heterocycles. The highest BCUT2D eigenvalue weighted by Crippen LogP contribution is 2.06. The molecule has 11 heteroatoms. The van der Waals surface area contributed by atoms with Gasteiger partial charge in [0.1, 0.15) is 17.2 Å². The van der Waals surface area contributed by atoms with Gasteiger partial charge in [-0.3, -0.25) is 0 Å². The third kappa shape index (κ3) is 10.4. The summed E-state index contributed by atoms with van der Waals surface area (Å²) in [6.07, 6.45) is 3.71. The van der Waals surface area contributed by atoms with Gasteiger partial charge in [0.05, 0.1) is 37.9 Å². The first-order valence-electron chi connectivity index (χ1n) is 7.29. The van der Waals surface area contributed by atoms with Crippen LogP contribution in [-0.2, 0) is 17.8 Å². The van der Waals surface area contributed by atoms with Crippen molar-refractivity contribution in [2.24, 2.45) is 5.73 Å². The molecule has 0 saturated carbocycles. The van der Waals surface area contributed by atoms with Gasteiger partial charge >= 0.3 is 6.09 Å². The van der Waals surface area contributed by atoms with E-state index in [1.807, 2.05) is 0 Å². The third-order valence-electron chi connectivity index (χ3n) is 2.32. The molecule has 8 nitrogen and oxygen atoms in total. The maximum absolute atomic E-state index is 12.5. The minimum absolute atomic E-state index is 0. The summed E-state index contributed by atoms with van der Waals surface area (Å²) >= 11 is 0. The van der Waals surface area contributed by atoms with Gasteiger partial charge in [-0.1, -0.05) is 0 Å². The summed E-state index contributed by atoms with van der Waals surface area (Å²) in [5, 5.41) is 2.47. The molecule has 0 aromatic carbocycles. The molecule has 1 amide bonds. The Hall–Kier alpha value is -2.46. The number of aromatic nitrogens is 4. The van der Waals surface area contributed by atoms with E-state index in [4.69, 9.17) is 10.5 Å². The lowest BCUT2D eigenvalue weighted by atomic mass is 10.2. The second-order valence-electron chi connectivity index (χ2n) is 5.69. The van der Waals surface area contributed by atoms with Crippen LogP contribution in [0.2, 0.25) is 0 Å². The quantitative estimate of drug-likeness (QED) is 0.824. The van der Waals surface area contributed by atoms with Crippen molar-refractivity contribution in [3.05, 3.63) is 48.1 Å². The first-order chi connectivity index (χ1) is 11.7. The Morgan fingerprint density at radius 1 is 1.04 bits per heavy atom. The molecule has 0 unspecified atom stereocenters. The van der Waals surface area contributed by atoms with E-state index in [1.165, 1.54) is 0 Å². The number of halogens is 3. The van der Waals surface area contributed by atoms with E-state index in [1.54, 1.807) is 20.8 Å². The van der Waals surface area contributed by atoms with Crippen LogP contribution in [0.1, 0.15) is 32.4 Å². The molecule has 0 aliphatic carbocycles. The summed E-state index contributed by atoms with van der Waals surface area (Å²) in [6.45, 7) is 5.65. The van der Waals surface area contributed by atoms with Gasteiger partial charge in [0.15, 0.2) is 11.6 Å². The lowest BCUT2D eigenvalue weighted by Crippen LogP contribution is -2.32. The summed E-state index contributed by atoms with van der Waals surface area (Å²) < 4.78 is 29.5. The normalized spacial score (nSPS) is 10.1. The Balaban J connectivity index is 0.000000532. The second kappa shape index (κ2) is 11.2. The molecule has 0 bridgehead atoms. The topological polar surface area (TPSA) is 116 Å². The summed E-state index contributed by atoms with van der Waals surface area (Å²) in [5.41, 5.74) is 4.60. The molecule has 2 rings (SSSR count). The summed E-state index contributed by atoms with van der Waals surface area (Å²) in [7, 11) is 0. The van der Waals surface area contributed by atoms with Crippen LogP contribution >= 0.6 is 12.4 Å². The maximum atomic E-state index is 12.5. The molecule has 0 saturated heterocycles. The molecule has 0 radical (unpaired) electrons. The third-order valence-corrected chi connectivity index (χ3v) is 2.32. The number of rotatable bonds is 3. The monoisotopic (exact) mass is 390 g/mol. The fourth-order valence-electron chi connectivity index (χ4n) is 1.34. The van der Waals surface area contributed by atoms with Crippen LogP contribution in [-0.4, -0.2) is 31.6 Å². The van der Waals surface area contributed by atoms with Gasteiger partial charge in [-0.2, -0.15) is 0 Å². The molecule has 0 aliphatic rings. The number of hydrogen-bond acceptors (Lipinski definition) is 7. The lowest BCUT2D eigenvalue weighted by Gasteiger charge is -2.19. The highest BCUT2D eigenvalue weighted by atomic mass is 35.5. The molecule has 0 spiro atoms. The van der Waals surface area contributed by atoms with Crippen molar-refractivity contribution in [1.82, 2.24) is 25.3 Å². The Bertz CT molecular complexity index is 665. The summed E-state index contributed by atoms with van der Waals surface area (Å²) in [6, 6.07) is 0. The van der Waals surface area contributed by atoms with Crippen molar-refractivity contribution in [2.45, 2.75) is 39.5 Å². The second-order valence-corrected chi connectivity index (χ2v) is 5.69. The van der Waals surface area contributed by atoms with Crippen LogP contribution < -0.4 is 11.1 Å². The molecule has 26 heavy (non-hydrogen) atoms. The van der Waals surface area contributed by atoms with Crippen LogP contribution in [0.4, 0.5) is 13.6 Å². The number of nitrogens with one attached hydrogen (secondary N) is 1. The van der Waals surface area contributed by atoms with Gasteiger partial charge in [0, 0.05) is 0 Å². The van der Waals surface area contributed by atoms with Gasteiger partial charge in [-0.15, -0.1) is 12.4 Å². The van der Waals surface area contributed by atoms with E-state index in [-0.39, 0.29) is 25.5 Å². The number of alkyl carbamates (subject to hydrolysis) is 1. The number of hydrogen-bond donors (Lipinski definition) is 2. The zero-order valence-corrected chi connectivity index (χ0v) is 15.4. The number of amides is 1. The smallest absolute Gasteiger partial charge is 0.408 e. The van der Waals surface area contributed by atoms with Gasteiger partial charge in [-0.05, 0) is 20.8 Å². The SMILES string of the molecule is CC(C)(C)OC(=O)NCc1ncc(F)cn1.Cl.NCc1ncc(F)cn1. The lowest BCUT2D eigenvalue weighted by molar-refractivity contribution is 0.0522. The van der Waals surface area contributed by atoms with Crippen molar-refractivity contribution in [3.8, 4) is 0 Å². The van der Waals surface area contributed by atoms with Crippen molar-refractivity contribution in [1.29, 1.82) is 0 Å². The van der Waals surface area contributed by atoms with Crippen molar-refractivity contribution < 1.29 is 18.3 Å². The number of nitrogens with zero attached hydrogens (tertiary/aromatic N) is 4. The average molecular weight is 391 g/mol. The van der Waals surface area contributed by atoms with Crippen molar-refractivity contribution >= 4 is 18.5 Å². The van der Waals surface area contributed by atoms with E-state index in [9.17, 15) is 13.6 Å². The fraction of sp³-hybridized carbons (Fsp3) is 0.400. The Labute approximate surface area is 156 Å². The van der Waals surface area contributed by atoms with E-state index in [2.05, 4.69) is 25.3 Å². The Kier molecular flexibility index (Phi) is 10.2. The predicted octanol–water partition coefficient (Wildman–Crippen LogP) is 2.14. The maximum Gasteiger partial charge on any atom is 0.408 e. The zero-order chi connectivity index (χ0) is 18.9. The molecule has 144 valence electrons. The Morgan fingerprint density at radius 2 is 1.46 bits per heavy atom. The largest absolute Gasteiger partial charge is 0.444 e. The van der Waals surface area contributed by atoms with Gasteiger partial charge in [0.2, 0.25) is 0 Å². The minimum Gasteiger partial charge on any atom is -0.444 e. The van der Waals surface area contributed by atoms with Gasteiger partial charge < -0.3 is 15.8 Å². The van der Waals surface area contributed by atoms with Crippen molar-refractivity contribution in [2.75, 3.05) is 0 Å². The van der Waals surface area contributed by atoms with E-state index < -0.39 is 23.3 Å². The van der Waals surface area contributed by atoms with E-state index >= 15 is 0 Å². The summed E-state index contributed by atoms with van der Waals surface area (Å²) in [4.78, 5) is 25.8. The van der Waals surface area contributed by atoms with Crippen LogP contribution in [0, 0.1) is 11.6 Å². The van der Waals surface area contributed by atoms with E-state index in [0.29, 0.717) is 11.6 Å². The molecule has 0 fully saturated rings. The molecule has 2 aromatic rings. The molecule has 2 aromatic heterocycles. The summed E-state index contributed by atoms with van der Waals surface area (Å²) in [5.74, 6) is -0.170.